The molecule has 0 radical (unpaired) electrons. The van der Waals surface area contributed by atoms with Crippen LogP contribution in [0.15, 0.2) is 78.1 Å². The van der Waals surface area contributed by atoms with Crippen molar-refractivity contribution < 1.29 is 30.9 Å². The van der Waals surface area contributed by atoms with Crippen LogP contribution in [0.2, 0.25) is 0 Å². The van der Waals surface area contributed by atoms with Crippen molar-refractivity contribution >= 4 is 22.3 Å². The highest BCUT2D eigenvalue weighted by Crippen LogP contribution is 2.40. The molecule has 3 aromatic heterocycles. The van der Waals surface area contributed by atoms with E-state index in [9.17, 15) is 21.6 Å². The molecule has 1 N–H and O–H groups in total. The Morgan fingerprint density at radius 3 is 2.46 bits per heavy atom. The Bertz CT molecular complexity index is 1990. The quantitative estimate of drug-likeness (QED) is 0.205. The number of aromatic nitrogens is 6. The van der Waals surface area contributed by atoms with E-state index < -0.39 is 27.8 Å². The maximum atomic E-state index is 13.6. The predicted octanol–water partition coefficient (Wildman–Crippen LogP) is 6.53. The minimum atomic E-state index is -4.42. The van der Waals surface area contributed by atoms with Crippen LogP contribution in [0.3, 0.4) is 0 Å². The fourth-order valence-corrected chi connectivity index (χ4v) is 5.75. The molecule has 6 rings (SSSR count). The average Bonchev–Trinajstić information content (AvgIpc) is 3.65. The van der Waals surface area contributed by atoms with E-state index in [4.69, 9.17) is 9.29 Å². The van der Waals surface area contributed by atoms with Gasteiger partial charge >= 0.3 is 6.18 Å². The van der Waals surface area contributed by atoms with Crippen molar-refractivity contribution in [3.63, 3.8) is 0 Å². The van der Waals surface area contributed by atoms with Gasteiger partial charge < -0.3 is 9.30 Å². The molecule has 0 aliphatic carbocycles. The van der Waals surface area contributed by atoms with Gasteiger partial charge in [-0.2, -0.15) is 26.7 Å². The van der Waals surface area contributed by atoms with Crippen molar-refractivity contribution in [2.45, 2.75) is 50.2 Å². The number of nitrogens with zero attached hydrogens (tertiary/aromatic N) is 6. The highest BCUT2D eigenvalue weighted by atomic mass is 32.2. The molecule has 0 fully saturated rings. The number of aryl methyl sites for hydroxylation is 3. The van der Waals surface area contributed by atoms with Gasteiger partial charge in [-0.15, -0.1) is 0 Å². The molecule has 2 aromatic carbocycles. The van der Waals surface area contributed by atoms with Crippen molar-refractivity contribution in [2.75, 3.05) is 7.11 Å². The summed E-state index contributed by atoms with van der Waals surface area (Å²) in [6, 6.07) is 15.5. The summed E-state index contributed by atoms with van der Waals surface area (Å²) in [4.78, 5) is 13.3. The van der Waals surface area contributed by atoms with Crippen molar-refractivity contribution in [1.29, 1.82) is 0 Å². The van der Waals surface area contributed by atoms with E-state index in [1.54, 1.807) is 55.4 Å². The van der Waals surface area contributed by atoms with Gasteiger partial charge in [-0.05, 0) is 80.3 Å². The van der Waals surface area contributed by atoms with E-state index in [2.05, 4.69) is 20.1 Å². The van der Waals surface area contributed by atoms with Crippen LogP contribution in [-0.4, -0.2) is 49.4 Å². The first kappa shape index (κ1) is 32.6. The first-order valence-electron chi connectivity index (χ1n) is 14.2. The Kier molecular flexibility index (Phi) is 9.39. The van der Waals surface area contributed by atoms with Gasteiger partial charge in [0.1, 0.15) is 11.5 Å². The van der Waals surface area contributed by atoms with Crippen molar-refractivity contribution in [1.82, 2.24) is 29.3 Å². The number of benzene rings is 2. The zero-order valence-electron chi connectivity index (χ0n) is 25.2. The SMILES string of the molecule is COc1nc(/C=C/c2nc3n(n2)CCC[C@H]3c2ccccc2C(F)(F)F)ccc1-n1cnc(C)c1.Cc1cccc(S(=O)(=O)O)c1. The lowest BCUT2D eigenvalue weighted by Gasteiger charge is -2.25. The molecule has 0 saturated heterocycles. The van der Waals surface area contributed by atoms with Gasteiger partial charge in [0.25, 0.3) is 10.1 Å². The molecule has 0 amide bonds. The minimum absolute atomic E-state index is 0.0579. The Labute approximate surface area is 264 Å². The number of imidazole rings is 1. The van der Waals surface area contributed by atoms with Gasteiger partial charge in [0.2, 0.25) is 5.88 Å². The van der Waals surface area contributed by atoms with Gasteiger partial charge in [0.05, 0.1) is 35.3 Å². The number of hydrogen-bond acceptors (Lipinski definition) is 7. The Morgan fingerprint density at radius 2 is 1.80 bits per heavy atom. The fourth-order valence-electron chi connectivity index (χ4n) is 5.17. The molecule has 5 aromatic rings. The molecule has 14 heteroatoms. The Balaban J connectivity index is 0.000000322. The summed E-state index contributed by atoms with van der Waals surface area (Å²) in [5, 5.41) is 4.51. The molecule has 1 aliphatic heterocycles. The second-order valence-corrected chi connectivity index (χ2v) is 12.1. The highest BCUT2D eigenvalue weighted by molar-refractivity contribution is 7.85. The second kappa shape index (κ2) is 13.3. The van der Waals surface area contributed by atoms with E-state index in [0.29, 0.717) is 36.2 Å². The molecule has 1 atom stereocenters. The third-order valence-electron chi connectivity index (χ3n) is 7.27. The van der Waals surface area contributed by atoms with E-state index in [-0.39, 0.29) is 10.5 Å². The lowest BCUT2D eigenvalue weighted by Crippen LogP contribution is -2.21. The van der Waals surface area contributed by atoms with Crippen LogP contribution in [0.4, 0.5) is 13.2 Å². The van der Waals surface area contributed by atoms with Gasteiger partial charge in [-0.1, -0.05) is 30.3 Å². The largest absolute Gasteiger partial charge is 0.479 e. The maximum Gasteiger partial charge on any atom is 0.416 e. The number of alkyl halides is 3. The molecule has 240 valence electrons. The highest BCUT2D eigenvalue weighted by Gasteiger charge is 2.37. The second-order valence-electron chi connectivity index (χ2n) is 10.6. The molecule has 0 saturated carbocycles. The molecule has 0 unspecified atom stereocenters. The van der Waals surface area contributed by atoms with E-state index in [1.165, 1.54) is 24.3 Å². The Hall–Kier alpha value is -4.82. The number of ether oxygens (including phenoxy) is 1. The summed E-state index contributed by atoms with van der Waals surface area (Å²) in [5.41, 5.74) is 2.69. The number of hydrogen-bond donors (Lipinski definition) is 1. The van der Waals surface area contributed by atoms with Gasteiger partial charge in [-0.25, -0.2) is 19.6 Å². The zero-order valence-corrected chi connectivity index (χ0v) is 26.0. The summed E-state index contributed by atoms with van der Waals surface area (Å²) in [7, 11) is -2.48. The molecule has 46 heavy (non-hydrogen) atoms. The molecule has 10 nitrogen and oxygen atoms in total. The lowest BCUT2D eigenvalue weighted by molar-refractivity contribution is -0.138. The van der Waals surface area contributed by atoms with Gasteiger partial charge in [0.15, 0.2) is 5.82 Å². The van der Waals surface area contributed by atoms with E-state index >= 15 is 0 Å². The lowest BCUT2D eigenvalue weighted by atomic mass is 9.88. The van der Waals surface area contributed by atoms with E-state index in [1.807, 2.05) is 29.8 Å². The number of pyridine rings is 1. The monoisotopic (exact) mass is 652 g/mol. The number of halogens is 3. The fraction of sp³-hybridized carbons (Fsp3) is 0.250. The summed E-state index contributed by atoms with van der Waals surface area (Å²) in [6.07, 6.45) is 3.92. The third-order valence-corrected chi connectivity index (χ3v) is 8.12. The standard InChI is InChI=1S/C25H23F3N6O.C7H8O3S/c1-16-14-33(15-29-16)21-11-9-17(30-24(21)35-2)10-12-22-31-23-19(7-5-13-34(23)32-22)18-6-3-4-8-20(18)25(26,27)28;1-6-3-2-4-7(5-6)11(8,9)10/h3-4,6,8-12,14-15,19H,5,7,13H2,1-2H3;2-5H,1H3,(H,8,9,10)/b12-10+;/t19-;/m0./s1. The average molecular weight is 653 g/mol. The summed E-state index contributed by atoms with van der Waals surface area (Å²) in [6.45, 7) is 4.28. The van der Waals surface area contributed by atoms with Crippen LogP contribution in [-0.2, 0) is 22.8 Å². The van der Waals surface area contributed by atoms with Crippen LogP contribution >= 0.6 is 0 Å². The molecule has 4 heterocycles. The number of fused-ring (bicyclic) bond motifs is 1. The van der Waals surface area contributed by atoms with Gasteiger partial charge in [-0.3, -0.25) is 4.55 Å². The zero-order chi connectivity index (χ0) is 33.1. The number of methoxy groups -OCH3 is 1. The molecular formula is C32H31F3N6O4S. The smallest absolute Gasteiger partial charge is 0.416 e. The van der Waals surface area contributed by atoms with Crippen LogP contribution in [0, 0.1) is 13.8 Å². The van der Waals surface area contributed by atoms with Crippen LogP contribution in [0.1, 0.15) is 58.5 Å². The molecular weight excluding hydrogens is 621 g/mol. The van der Waals surface area contributed by atoms with Crippen LogP contribution < -0.4 is 4.74 Å². The summed E-state index contributed by atoms with van der Waals surface area (Å²) >= 11 is 0. The number of rotatable bonds is 6. The van der Waals surface area contributed by atoms with Gasteiger partial charge in [0, 0.05) is 18.7 Å². The molecule has 0 bridgehead atoms. The topological polar surface area (TPSA) is 125 Å². The first-order chi connectivity index (χ1) is 21.8. The predicted molar refractivity (Wildman–Crippen MR) is 165 cm³/mol. The van der Waals surface area contributed by atoms with Crippen molar-refractivity contribution in [3.8, 4) is 11.6 Å². The molecule has 1 aliphatic rings. The summed E-state index contributed by atoms with van der Waals surface area (Å²) < 4.78 is 79.5. The van der Waals surface area contributed by atoms with Crippen LogP contribution in [0.5, 0.6) is 5.88 Å². The Morgan fingerprint density at radius 1 is 1.02 bits per heavy atom. The third kappa shape index (κ3) is 7.51. The molecule has 0 spiro atoms. The van der Waals surface area contributed by atoms with Crippen molar-refractivity contribution in [2.24, 2.45) is 0 Å². The van der Waals surface area contributed by atoms with Crippen molar-refractivity contribution in [3.05, 3.63) is 113 Å². The van der Waals surface area contributed by atoms with Crippen LogP contribution in [0.25, 0.3) is 17.8 Å². The normalized spacial score (nSPS) is 14.9. The summed E-state index contributed by atoms with van der Waals surface area (Å²) in [5.74, 6) is 0.938. The maximum absolute atomic E-state index is 13.6. The first-order valence-corrected chi connectivity index (χ1v) is 15.7. The van der Waals surface area contributed by atoms with E-state index in [0.717, 1.165) is 29.4 Å². The minimum Gasteiger partial charge on any atom is -0.479 e.